The van der Waals surface area contributed by atoms with Gasteiger partial charge in [0, 0.05) is 18.6 Å². The summed E-state index contributed by atoms with van der Waals surface area (Å²) in [5.74, 6) is 1.76. The molecule has 1 saturated carbocycles. The van der Waals surface area contributed by atoms with Crippen molar-refractivity contribution in [2.24, 2.45) is 11.8 Å². The normalized spacial score (nSPS) is 30.2. The highest BCUT2D eigenvalue weighted by molar-refractivity contribution is 4.85. The SMILES string of the molecule is CCCNC1CCC(C)CC1CN(C)C(C)C. The lowest BCUT2D eigenvalue weighted by molar-refractivity contribution is 0.144. The van der Waals surface area contributed by atoms with Gasteiger partial charge in [0.05, 0.1) is 0 Å². The quantitative estimate of drug-likeness (QED) is 0.767. The Morgan fingerprint density at radius 1 is 1.29 bits per heavy atom. The first-order chi connectivity index (χ1) is 8.04. The van der Waals surface area contributed by atoms with Crippen molar-refractivity contribution in [3.05, 3.63) is 0 Å². The van der Waals surface area contributed by atoms with Gasteiger partial charge in [-0.1, -0.05) is 13.8 Å². The van der Waals surface area contributed by atoms with Crippen LogP contribution in [0.1, 0.15) is 53.4 Å². The highest BCUT2D eigenvalue weighted by Crippen LogP contribution is 2.29. The predicted octanol–water partition coefficient (Wildman–Crippen LogP) is 3.13. The molecular formula is C15H32N2. The molecule has 0 aromatic rings. The Morgan fingerprint density at radius 3 is 2.59 bits per heavy atom. The number of nitrogens with one attached hydrogen (secondary N) is 1. The van der Waals surface area contributed by atoms with Gasteiger partial charge in [-0.2, -0.15) is 0 Å². The van der Waals surface area contributed by atoms with Crippen molar-refractivity contribution in [2.45, 2.75) is 65.5 Å². The van der Waals surface area contributed by atoms with Crippen molar-refractivity contribution in [1.82, 2.24) is 10.2 Å². The van der Waals surface area contributed by atoms with E-state index < -0.39 is 0 Å². The third-order valence-corrected chi connectivity index (χ3v) is 4.31. The zero-order valence-corrected chi connectivity index (χ0v) is 12.5. The molecule has 1 aliphatic carbocycles. The largest absolute Gasteiger partial charge is 0.314 e. The Labute approximate surface area is 108 Å². The van der Waals surface area contributed by atoms with E-state index in [0.29, 0.717) is 6.04 Å². The maximum Gasteiger partial charge on any atom is 0.0108 e. The Morgan fingerprint density at radius 2 is 2.00 bits per heavy atom. The average molecular weight is 240 g/mol. The van der Waals surface area contributed by atoms with Gasteiger partial charge in [0.15, 0.2) is 0 Å². The third kappa shape index (κ3) is 4.97. The molecule has 0 spiro atoms. The Bertz CT molecular complexity index is 201. The number of hydrogen-bond acceptors (Lipinski definition) is 2. The molecule has 0 aromatic carbocycles. The van der Waals surface area contributed by atoms with E-state index in [0.717, 1.165) is 17.9 Å². The second kappa shape index (κ2) is 7.38. The molecule has 2 heteroatoms. The number of hydrogen-bond donors (Lipinski definition) is 1. The monoisotopic (exact) mass is 240 g/mol. The maximum atomic E-state index is 3.76. The Kier molecular flexibility index (Phi) is 6.50. The molecule has 0 heterocycles. The molecule has 0 aliphatic heterocycles. The van der Waals surface area contributed by atoms with Gasteiger partial charge < -0.3 is 10.2 Å². The lowest BCUT2D eigenvalue weighted by atomic mass is 9.78. The first-order valence-electron chi connectivity index (χ1n) is 7.48. The van der Waals surface area contributed by atoms with Crippen LogP contribution >= 0.6 is 0 Å². The van der Waals surface area contributed by atoms with E-state index in [1.54, 1.807) is 0 Å². The molecule has 1 fully saturated rings. The molecule has 0 bridgehead atoms. The summed E-state index contributed by atoms with van der Waals surface area (Å²) in [7, 11) is 2.26. The average Bonchev–Trinajstić information content (AvgIpc) is 2.28. The summed E-state index contributed by atoms with van der Waals surface area (Å²) in [6, 6.07) is 1.42. The fourth-order valence-corrected chi connectivity index (χ4v) is 2.88. The summed E-state index contributed by atoms with van der Waals surface area (Å²) < 4.78 is 0. The first kappa shape index (κ1) is 15.0. The summed E-state index contributed by atoms with van der Waals surface area (Å²) >= 11 is 0. The summed E-state index contributed by atoms with van der Waals surface area (Å²) in [5, 5.41) is 3.76. The van der Waals surface area contributed by atoms with Crippen molar-refractivity contribution in [3.8, 4) is 0 Å². The fourth-order valence-electron chi connectivity index (χ4n) is 2.88. The molecule has 1 N–H and O–H groups in total. The van der Waals surface area contributed by atoms with Gasteiger partial charge in [0.25, 0.3) is 0 Å². The minimum Gasteiger partial charge on any atom is -0.314 e. The van der Waals surface area contributed by atoms with Crippen LogP contribution in [0.5, 0.6) is 0 Å². The van der Waals surface area contributed by atoms with Gasteiger partial charge in [0.2, 0.25) is 0 Å². The van der Waals surface area contributed by atoms with Crippen molar-refractivity contribution < 1.29 is 0 Å². The van der Waals surface area contributed by atoms with E-state index in [-0.39, 0.29) is 0 Å². The second-order valence-corrected chi connectivity index (χ2v) is 6.27. The lowest BCUT2D eigenvalue weighted by Crippen LogP contribution is -2.46. The summed E-state index contributed by atoms with van der Waals surface area (Å²) in [6.45, 7) is 11.7. The van der Waals surface area contributed by atoms with E-state index in [2.05, 4.69) is 45.0 Å². The smallest absolute Gasteiger partial charge is 0.0108 e. The number of nitrogens with zero attached hydrogens (tertiary/aromatic N) is 1. The van der Waals surface area contributed by atoms with Crippen LogP contribution in [0.15, 0.2) is 0 Å². The second-order valence-electron chi connectivity index (χ2n) is 6.27. The molecule has 3 unspecified atom stereocenters. The number of rotatable bonds is 6. The zero-order valence-electron chi connectivity index (χ0n) is 12.5. The fraction of sp³-hybridized carbons (Fsp3) is 1.00. The standard InChI is InChI=1S/C15H32N2/c1-6-9-16-15-8-7-13(4)10-14(15)11-17(5)12(2)3/h12-16H,6-11H2,1-5H3. The molecule has 0 amide bonds. The Hall–Kier alpha value is -0.0800. The van der Waals surface area contributed by atoms with Crippen LogP contribution in [0.3, 0.4) is 0 Å². The van der Waals surface area contributed by atoms with Gasteiger partial charge in [-0.3, -0.25) is 0 Å². The molecule has 0 saturated heterocycles. The predicted molar refractivity (Wildman–Crippen MR) is 76.4 cm³/mol. The van der Waals surface area contributed by atoms with Crippen molar-refractivity contribution in [3.63, 3.8) is 0 Å². The van der Waals surface area contributed by atoms with Crippen LogP contribution in [0.25, 0.3) is 0 Å². The van der Waals surface area contributed by atoms with E-state index in [1.807, 2.05) is 0 Å². The highest BCUT2D eigenvalue weighted by atomic mass is 15.1. The maximum absolute atomic E-state index is 3.76. The first-order valence-corrected chi connectivity index (χ1v) is 7.48. The van der Waals surface area contributed by atoms with Gasteiger partial charge in [-0.15, -0.1) is 0 Å². The molecule has 17 heavy (non-hydrogen) atoms. The van der Waals surface area contributed by atoms with E-state index >= 15 is 0 Å². The molecule has 1 rings (SSSR count). The van der Waals surface area contributed by atoms with E-state index in [9.17, 15) is 0 Å². The molecule has 102 valence electrons. The van der Waals surface area contributed by atoms with Gasteiger partial charge in [-0.25, -0.2) is 0 Å². The summed E-state index contributed by atoms with van der Waals surface area (Å²) in [6.07, 6.45) is 5.43. The van der Waals surface area contributed by atoms with Crippen molar-refractivity contribution in [1.29, 1.82) is 0 Å². The third-order valence-electron chi connectivity index (χ3n) is 4.31. The lowest BCUT2D eigenvalue weighted by Gasteiger charge is -2.38. The Balaban J connectivity index is 2.48. The van der Waals surface area contributed by atoms with Crippen molar-refractivity contribution in [2.75, 3.05) is 20.1 Å². The molecule has 1 aliphatic rings. The van der Waals surface area contributed by atoms with Crippen LogP contribution in [0.4, 0.5) is 0 Å². The van der Waals surface area contributed by atoms with E-state index in [4.69, 9.17) is 0 Å². The van der Waals surface area contributed by atoms with Crippen LogP contribution in [-0.4, -0.2) is 37.1 Å². The van der Waals surface area contributed by atoms with Crippen LogP contribution < -0.4 is 5.32 Å². The van der Waals surface area contributed by atoms with Gasteiger partial charge in [0.1, 0.15) is 0 Å². The molecule has 3 atom stereocenters. The van der Waals surface area contributed by atoms with Crippen molar-refractivity contribution >= 4 is 0 Å². The van der Waals surface area contributed by atoms with E-state index in [1.165, 1.54) is 38.8 Å². The summed E-state index contributed by atoms with van der Waals surface area (Å²) in [4.78, 5) is 2.50. The van der Waals surface area contributed by atoms with Crippen LogP contribution in [-0.2, 0) is 0 Å². The summed E-state index contributed by atoms with van der Waals surface area (Å²) in [5.41, 5.74) is 0. The minimum atomic E-state index is 0.666. The molecule has 0 aromatic heterocycles. The minimum absolute atomic E-state index is 0.666. The van der Waals surface area contributed by atoms with Crippen LogP contribution in [0, 0.1) is 11.8 Å². The zero-order chi connectivity index (χ0) is 12.8. The molecule has 2 nitrogen and oxygen atoms in total. The van der Waals surface area contributed by atoms with Crippen LogP contribution in [0.2, 0.25) is 0 Å². The topological polar surface area (TPSA) is 15.3 Å². The highest BCUT2D eigenvalue weighted by Gasteiger charge is 2.29. The molecule has 0 radical (unpaired) electrons. The van der Waals surface area contributed by atoms with Gasteiger partial charge in [-0.05, 0) is 65.0 Å². The van der Waals surface area contributed by atoms with Gasteiger partial charge >= 0.3 is 0 Å². The molecular weight excluding hydrogens is 208 g/mol.